The first-order valence-corrected chi connectivity index (χ1v) is 13.5. The molecule has 0 bridgehead atoms. The van der Waals surface area contributed by atoms with E-state index in [9.17, 15) is 13.2 Å². The first-order chi connectivity index (χ1) is 17.7. The molecule has 0 atom stereocenters. The van der Waals surface area contributed by atoms with Crippen LogP contribution in [0.25, 0.3) is 0 Å². The van der Waals surface area contributed by atoms with E-state index in [0.717, 1.165) is 17.5 Å². The predicted molar refractivity (Wildman–Crippen MR) is 140 cm³/mol. The lowest BCUT2D eigenvalue weighted by Gasteiger charge is -2.14. The van der Waals surface area contributed by atoms with Crippen molar-refractivity contribution in [3.63, 3.8) is 0 Å². The Hall–Kier alpha value is -3.79. The Labute approximate surface area is 216 Å². The molecule has 1 amide bonds. The molecular weight excluding hydrogens is 494 g/mol. The molecule has 0 saturated carbocycles. The van der Waals surface area contributed by atoms with E-state index in [1.807, 2.05) is 25.1 Å². The second-order valence-electron chi connectivity index (χ2n) is 8.87. The Morgan fingerprint density at radius 1 is 1.03 bits per heavy atom. The van der Waals surface area contributed by atoms with Crippen molar-refractivity contribution in [2.75, 3.05) is 20.8 Å². The molecule has 0 unspecified atom stereocenters. The number of fused-ring (bicyclic) bond motifs is 1. The van der Waals surface area contributed by atoms with Crippen LogP contribution in [0.5, 0.6) is 11.5 Å². The van der Waals surface area contributed by atoms with Gasteiger partial charge in [-0.25, -0.2) is 0 Å². The van der Waals surface area contributed by atoms with Crippen molar-refractivity contribution >= 4 is 21.6 Å². The molecule has 0 radical (unpaired) electrons. The zero-order valence-electron chi connectivity index (χ0n) is 21.4. The minimum atomic E-state index is -3.81. The molecule has 2 N–H and O–H groups in total. The van der Waals surface area contributed by atoms with Crippen LogP contribution in [-0.2, 0) is 22.9 Å². The van der Waals surface area contributed by atoms with E-state index in [1.165, 1.54) is 12.1 Å². The van der Waals surface area contributed by atoms with Crippen LogP contribution in [0.4, 0.5) is 0 Å². The molecular formula is C27H31N3O6S. The summed E-state index contributed by atoms with van der Waals surface area (Å²) in [6.45, 7) is 4.08. The summed E-state index contributed by atoms with van der Waals surface area (Å²) >= 11 is 0. The van der Waals surface area contributed by atoms with Crippen molar-refractivity contribution in [3.05, 3.63) is 76.2 Å². The summed E-state index contributed by atoms with van der Waals surface area (Å²) in [5.74, 6) is 1.80. The van der Waals surface area contributed by atoms with Gasteiger partial charge in [0.2, 0.25) is 0 Å². The average Bonchev–Trinajstić information content (AvgIpc) is 3.24. The maximum atomic E-state index is 12.9. The van der Waals surface area contributed by atoms with Gasteiger partial charge in [0.1, 0.15) is 5.76 Å². The molecule has 3 aromatic rings. The third-order valence-corrected chi connectivity index (χ3v) is 7.54. The van der Waals surface area contributed by atoms with Crippen LogP contribution in [0.1, 0.15) is 51.4 Å². The van der Waals surface area contributed by atoms with E-state index in [4.69, 9.17) is 13.9 Å². The van der Waals surface area contributed by atoms with Crippen LogP contribution < -0.4 is 19.6 Å². The number of nitrogens with one attached hydrogen (secondary N) is 2. The van der Waals surface area contributed by atoms with Crippen molar-refractivity contribution in [1.29, 1.82) is 0 Å². The zero-order chi connectivity index (χ0) is 26.6. The number of methoxy groups -OCH3 is 2. The molecule has 196 valence electrons. The van der Waals surface area contributed by atoms with Crippen molar-refractivity contribution in [1.82, 2.24) is 10.1 Å². The van der Waals surface area contributed by atoms with Gasteiger partial charge in [-0.2, -0.15) is 18.4 Å². The average molecular weight is 526 g/mol. The number of benzene rings is 2. The van der Waals surface area contributed by atoms with Crippen LogP contribution >= 0.6 is 0 Å². The van der Waals surface area contributed by atoms with E-state index >= 15 is 0 Å². The number of nitrogens with zero attached hydrogens (tertiary/aromatic N) is 1. The molecule has 9 nitrogen and oxygen atoms in total. The Bertz CT molecular complexity index is 1430. The van der Waals surface area contributed by atoms with Crippen molar-refractivity contribution in [2.24, 2.45) is 5.10 Å². The highest BCUT2D eigenvalue weighted by Crippen LogP contribution is 2.30. The first-order valence-electron chi connectivity index (χ1n) is 12.0. The van der Waals surface area contributed by atoms with Gasteiger partial charge in [-0.3, -0.25) is 4.79 Å². The summed E-state index contributed by atoms with van der Waals surface area (Å²) in [6, 6.07) is 12.2. The number of hydrogen-bond donors (Lipinski definition) is 2. The summed E-state index contributed by atoms with van der Waals surface area (Å²) in [5, 5.41) is 7.13. The quantitative estimate of drug-likeness (QED) is 0.409. The summed E-state index contributed by atoms with van der Waals surface area (Å²) in [6.07, 6.45) is 2.56. The number of carbonyl (C=O) groups is 1. The van der Waals surface area contributed by atoms with Gasteiger partial charge >= 0.3 is 0 Å². The van der Waals surface area contributed by atoms with E-state index in [2.05, 4.69) is 15.2 Å². The number of sulfonamides is 1. The molecule has 10 heteroatoms. The van der Waals surface area contributed by atoms with Crippen LogP contribution in [0.15, 0.2) is 56.9 Å². The standard InChI is InChI=1S/C27H31N3O6S/c1-17-8-11-20(12-9-17)37(32,33)30-29-21-6-5-7-23-25(21)18(2)26(36-23)27(31)28-15-14-19-10-13-22(34-3)24(16-19)35-4/h8-13,16,30H,5-7,14-15H2,1-4H3,(H,28,31)/b29-21+. The highest BCUT2D eigenvalue weighted by atomic mass is 32.2. The smallest absolute Gasteiger partial charge is 0.287 e. The maximum Gasteiger partial charge on any atom is 0.287 e. The van der Waals surface area contributed by atoms with Gasteiger partial charge in [0.15, 0.2) is 17.3 Å². The predicted octanol–water partition coefficient (Wildman–Crippen LogP) is 3.91. The normalized spacial score (nSPS) is 14.2. The number of carbonyl (C=O) groups excluding carboxylic acids is 1. The van der Waals surface area contributed by atoms with E-state index in [1.54, 1.807) is 33.3 Å². The number of ether oxygens (including phenoxy) is 2. The highest BCUT2D eigenvalue weighted by Gasteiger charge is 2.28. The number of hydrazone groups is 1. The molecule has 1 aliphatic carbocycles. The lowest BCUT2D eigenvalue weighted by atomic mass is 9.93. The molecule has 1 aliphatic rings. The Morgan fingerprint density at radius 3 is 2.46 bits per heavy atom. The fourth-order valence-electron chi connectivity index (χ4n) is 4.32. The third-order valence-electron chi connectivity index (χ3n) is 6.31. The fourth-order valence-corrected chi connectivity index (χ4v) is 5.15. The van der Waals surface area contributed by atoms with E-state index in [0.29, 0.717) is 59.9 Å². The number of aryl methyl sites for hydroxylation is 2. The lowest BCUT2D eigenvalue weighted by molar-refractivity contribution is 0.0923. The monoisotopic (exact) mass is 525 g/mol. The van der Waals surface area contributed by atoms with E-state index < -0.39 is 10.0 Å². The lowest BCUT2D eigenvalue weighted by Crippen LogP contribution is -2.26. The number of hydrogen-bond acceptors (Lipinski definition) is 7. The second-order valence-corrected chi connectivity index (χ2v) is 10.5. The molecule has 0 spiro atoms. The summed E-state index contributed by atoms with van der Waals surface area (Å²) < 4.78 is 41.9. The van der Waals surface area contributed by atoms with Gasteiger partial charge in [-0.1, -0.05) is 23.8 Å². The molecule has 4 rings (SSSR count). The third kappa shape index (κ3) is 5.80. The highest BCUT2D eigenvalue weighted by molar-refractivity contribution is 7.89. The molecule has 0 aliphatic heterocycles. The van der Waals surface area contributed by atoms with Crippen LogP contribution in [0.3, 0.4) is 0 Å². The molecule has 37 heavy (non-hydrogen) atoms. The van der Waals surface area contributed by atoms with Crippen LogP contribution in [0, 0.1) is 13.8 Å². The van der Waals surface area contributed by atoms with Gasteiger partial charge in [0, 0.05) is 24.1 Å². The summed E-state index contributed by atoms with van der Waals surface area (Å²) in [7, 11) is -0.653. The minimum absolute atomic E-state index is 0.136. The summed E-state index contributed by atoms with van der Waals surface area (Å²) in [5.41, 5.74) is 3.85. The molecule has 0 fully saturated rings. The fraction of sp³-hybridized carbons (Fsp3) is 0.333. The number of amides is 1. The van der Waals surface area contributed by atoms with Crippen molar-refractivity contribution in [2.45, 2.75) is 44.4 Å². The van der Waals surface area contributed by atoms with Crippen molar-refractivity contribution < 1.29 is 27.1 Å². The number of rotatable bonds is 9. The van der Waals surface area contributed by atoms with Crippen molar-refractivity contribution in [3.8, 4) is 11.5 Å². The Balaban J connectivity index is 1.46. The SMILES string of the molecule is COc1ccc(CCNC(=O)c2oc3c(c2C)/C(=N/NS(=O)(=O)c2ccc(C)cc2)CCC3)cc1OC. The zero-order valence-corrected chi connectivity index (χ0v) is 22.2. The van der Waals surface area contributed by atoms with Crippen LogP contribution in [0.2, 0.25) is 0 Å². The molecule has 0 saturated heterocycles. The molecule has 1 heterocycles. The first kappa shape index (κ1) is 26.3. The largest absolute Gasteiger partial charge is 0.493 e. The van der Waals surface area contributed by atoms with E-state index in [-0.39, 0.29) is 16.6 Å². The minimum Gasteiger partial charge on any atom is -0.493 e. The van der Waals surface area contributed by atoms with Gasteiger partial charge in [0.05, 0.1) is 24.8 Å². The molecule has 2 aromatic carbocycles. The van der Waals surface area contributed by atoms with Crippen LogP contribution in [-0.4, -0.2) is 40.8 Å². The maximum absolute atomic E-state index is 12.9. The van der Waals surface area contributed by atoms with Gasteiger partial charge in [-0.05, 0) is 62.9 Å². The topological polar surface area (TPSA) is 119 Å². The Kier molecular flexibility index (Phi) is 7.87. The second kappa shape index (κ2) is 11.1. The van der Waals surface area contributed by atoms with Gasteiger partial charge < -0.3 is 19.2 Å². The summed E-state index contributed by atoms with van der Waals surface area (Å²) in [4.78, 5) is 15.4. The Morgan fingerprint density at radius 2 is 1.76 bits per heavy atom. The van der Waals surface area contributed by atoms with Gasteiger partial charge in [-0.15, -0.1) is 0 Å². The number of furan rings is 1. The molecule has 1 aromatic heterocycles. The van der Waals surface area contributed by atoms with Gasteiger partial charge in [0.25, 0.3) is 15.9 Å².